The van der Waals surface area contributed by atoms with Crippen LogP contribution >= 0.6 is 11.3 Å². The van der Waals surface area contributed by atoms with Gasteiger partial charge in [0, 0.05) is 12.4 Å². The van der Waals surface area contributed by atoms with Gasteiger partial charge in [-0.25, -0.2) is 0 Å². The lowest BCUT2D eigenvalue weighted by atomic mass is 9.78. The van der Waals surface area contributed by atoms with E-state index in [1.807, 2.05) is 12.4 Å². The van der Waals surface area contributed by atoms with Gasteiger partial charge in [0.15, 0.2) is 0 Å². The van der Waals surface area contributed by atoms with Crippen molar-refractivity contribution in [1.29, 1.82) is 0 Å². The van der Waals surface area contributed by atoms with Crippen molar-refractivity contribution < 1.29 is 4.79 Å². The Kier molecular flexibility index (Phi) is 2.33. The topological polar surface area (TPSA) is 58.4 Å². The second-order valence-corrected chi connectivity index (χ2v) is 5.88. The van der Waals surface area contributed by atoms with Crippen LogP contribution in [0.3, 0.4) is 0 Å². The molecule has 1 fully saturated rings. The van der Waals surface area contributed by atoms with Gasteiger partial charge in [0.25, 0.3) is 0 Å². The van der Waals surface area contributed by atoms with E-state index in [0.29, 0.717) is 5.00 Å². The van der Waals surface area contributed by atoms with Gasteiger partial charge in [-0.3, -0.25) is 4.79 Å². The predicted molar refractivity (Wildman–Crippen MR) is 71.6 cm³/mol. The second-order valence-electron chi connectivity index (χ2n) is 4.97. The van der Waals surface area contributed by atoms with Gasteiger partial charge in [0.2, 0.25) is 5.91 Å². The van der Waals surface area contributed by atoms with E-state index in [2.05, 4.69) is 10.2 Å². The molecule has 2 aliphatic rings. The number of nitrogens with two attached hydrogens (primary N) is 1. The summed E-state index contributed by atoms with van der Waals surface area (Å²) in [5.41, 5.74) is 7.43. The smallest absolute Gasteiger partial charge is 0.250 e. The van der Waals surface area contributed by atoms with Crippen molar-refractivity contribution in [2.24, 2.45) is 0 Å². The summed E-state index contributed by atoms with van der Waals surface area (Å²) in [6.07, 6.45) is 5.40. The van der Waals surface area contributed by atoms with Crippen molar-refractivity contribution in [2.45, 2.75) is 37.6 Å². The van der Waals surface area contributed by atoms with Crippen LogP contribution in [0.4, 0.5) is 16.4 Å². The van der Waals surface area contributed by atoms with Gasteiger partial charge in [-0.2, -0.15) is 0 Å². The maximum absolute atomic E-state index is 12.4. The molecule has 0 radical (unpaired) electrons. The van der Waals surface area contributed by atoms with Crippen molar-refractivity contribution in [3.63, 3.8) is 0 Å². The molecule has 2 heterocycles. The van der Waals surface area contributed by atoms with Crippen LogP contribution in [0, 0.1) is 0 Å². The summed E-state index contributed by atoms with van der Waals surface area (Å²) in [6.45, 7) is 0. The zero-order chi connectivity index (χ0) is 12.0. The maximum atomic E-state index is 12.4. The molecule has 1 amide bonds. The number of rotatable bonds is 0. The molecule has 0 aromatic carbocycles. The number of nitrogens with zero attached hydrogens (tertiary/aromatic N) is 1. The van der Waals surface area contributed by atoms with Gasteiger partial charge in [0.05, 0.1) is 11.4 Å². The second kappa shape index (κ2) is 3.63. The first-order chi connectivity index (χ1) is 8.15. The van der Waals surface area contributed by atoms with Crippen molar-refractivity contribution >= 4 is 33.6 Å². The van der Waals surface area contributed by atoms with Crippen LogP contribution in [-0.2, 0) is 4.79 Å². The third-order valence-electron chi connectivity index (χ3n) is 4.15. The average Bonchev–Trinajstić information content (AvgIpc) is 2.70. The predicted octanol–water partition coefficient (Wildman–Crippen LogP) is 2.42. The van der Waals surface area contributed by atoms with Crippen LogP contribution in [0.2, 0.25) is 0 Å². The minimum Gasteiger partial charge on any atom is -0.389 e. The average molecular weight is 251 g/mol. The zero-order valence-electron chi connectivity index (χ0n) is 9.95. The van der Waals surface area contributed by atoms with Crippen LogP contribution in [-0.4, -0.2) is 18.5 Å². The number of anilines is 3. The highest BCUT2D eigenvalue weighted by Gasteiger charge is 2.47. The number of carbonyl (C=O) groups is 1. The third-order valence-corrected chi connectivity index (χ3v) is 4.94. The lowest BCUT2D eigenvalue weighted by Gasteiger charge is -2.47. The lowest BCUT2D eigenvalue weighted by molar-refractivity contribution is -0.122. The molecule has 4 nitrogen and oxygen atoms in total. The highest BCUT2D eigenvalue weighted by Crippen LogP contribution is 2.47. The van der Waals surface area contributed by atoms with Gasteiger partial charge < -0.3 is 16.0 Å². The number of nitrogens with one attached hydrogen (secondary N) is 1. The summed E-state index contributed by atoms with van der Waals surface area (Å²) in [4.78, 5) is 14.5. The van der Waals surface area contributed by atoms with Gasteiger partial charge in [0.1, 0.15) is 10.5 Å². The molecule has 0 atom stereocenters. The number of likely N-dealkylation sites (N-methyl/N-ethyl adjacent to an activating group) is 1. The standard InChI is InChI=1S/C12H17N3OS/c1-15-8-7-17-10(13)9(8)14-11(16)12(15)5-3-2-4-6-12/h7H,2-6,13H2,1H3,(H,14,16). The number of amides is 1. The summed E-state index contributed by atoms with van der Waals surface area (Å²) in [5.74, 6) is 0.123. The van der Waals surface area contributed by atoms with E-state index >= 15 is 0 Å². The van der Waals surface area contributed by atoms with Crippen LogP contribution < -0.4 is 16.0 Å². The van der Waals surface area contributed by atoms with Gasteiger partial charge >= 0.3 is 0 Å². The third kappa shape index (κ3) is 1.38. The molecule has 92 valence electrons. The molecule has 1 aliphatic carbocycles. The minimum absolute atomic E-state index is 0.123. The van der Waals surface area contributed by atoms with E-state index in [1.54, 1.807) is 0 Å². The molecule has 1 saturated carbocycles. The Bertz CT molecular complexity index is 462. The van der Waals surface area contributed by atoms with Gasteiger partial charge in [-0.05, 0) is 12.8 Å². The molecule has 1 spiro atoms. The monoisotopic (exact) mass is 251 g/mol. The summed E-state index contributed by atoms with van der Waals surface area (Å²) in [6, 6.07) is 0. The van der Waals surface area contributed by atoms with Crippen molar-refractivity contribution in [2.75, 3.05) is 23.0 Å². The fourth-order valence-corrected chi connectivity index (χ4v) is 3.84. The highest BCUT2D eigenvalue weighted by atomic mass is 32.1. The molecule has 0 unspecified atom stereocenters. The first-order valence-corrected chi connectivity index (χ1v) is 6.95. The number of carbonyl (C=O) groups excluding carboxylic acids is 1. The fourth-order valence-electron chi connectivity index (χ4n) is 3.05. The molecular formula is C12H17N3OS. The quantitative estimate of drug-likeness (QED) is 0.744. The minimum atomic E-state index is -0.335. The first-order valence-electron chi connectivity index (χ1n) is 6.07. The molecule has 1 aromatic rings. The van der Waals surface area contributed by atoms with E-state index < -0.39 is 0 Å². The number of hydrogen-bond acceptors (Lipinski definition) is 4. The first kappa shape index (κ1) is 10.9. The lowest BCUT2D eigenvalue weighted by Crippen LogP contribution is -2.59. The molecule has 3 N–H and O–H groups in total. The zero-order valence-corrected chi connectivity index (χ0v) is 10.8. The number of hydrogen-bond donors (Lipinski definition) is 2. The molecule has 0 saturated heterocycles. The maximum Gasteiger partial charge on any atom is 0.250 e. The normalized spacial score (nSPS) is 22.4. The fraction of sp³-hybridized carbons (Fsp3) is 0.583. The highest BCUT2D eigenvalue weighted by molar-refractivity contribution is 7.15. The molecule has 5 heteroatoms. The summed E-state index contributed by atoms with van der Waals surface area (Å²) in [7, 11) is 2.02. The van der Waals surface area contributed by atoms with Gasteiger partial charge in [-0.1, -0.05) is 19.3 Å². The Balaban J connectivity index is 2.06. The van der Waals surface area contributed by atoms with E-state index in [4.69, 9.17) is 5.73 Å². The van der Waals surface area contributed by atoms with E-state index in [1.165, 1.54) is 17.8 Å². The molecule has 17 heavy (non-hydrogen) atoms. The van der Waals surface area contributed by atoms with E-state index in [9.17, 15) is 4.79 Å². The van der Waals surface area contributed by atoms with Crippen molar-refractivity contribution in [1.82, 2.24) is 0 Å². The van der Waals surface area contributed by atoms with Crippen LogP contribution in [0.25, 0.3) is 0 Å². The molecule has 1 aromatic heterocycles. The Morgan fingerprint density at radius 1 is 1.41 bits per heavy atom. The Morgan fingerprint density at radius 3 is 2.82 bits per heavy atom. The SMILES string of the molecule is CN1c2csc(N)c2NC(=O)C12CCCCC2. The Morgan fingerprint density at radius 2 is 2.12 bits per heavy atom. The summed E-state index contributed by atoms with van der Waals surface area (Å²) in [5, 5.41) is 5.75. The van der Waals surface area contributed by atoms with Crippen LogP contribution in [0.1, 0.15) is 32.1 Å². The Labute approximate surface area is 105 Å². The number of fused-ring (bicyclic) bond motifs is 1. The number of nitrogen functional groups attached to an aromatic ring is 1. The largest absolute Gasteiger partial charge is 0.389 e. The van der Waals surface area contributed by atoms with E-state index in [-0.39, 0.29) is 11.4 Å². The summed E-state index contributed by atoms with van der Waals surface area (Å²) >= 11 is 1.49. The molecule has 3 rings (SSSR count). The van der Waals surface area contributed by atoms with Crippen LogP contribution in [0.5, 0.6) is 0 Å². The Hall–Kier alpha value is -1.23. The molecular weight excluding hydrogens is 234 g/mol. The van der Waals surface area contributed by atoms with Crippen LogP contribution in [0.15, 0.2) is 5.38 Å². The molecule has 1 aliphatic heterocycles. The summed E-state index contributed by atoms with van der Waals surface area (Å²) < 4.78 is 0. The van der Waals surface area contributed by atoms with E-state index in [0.717, 1.165) is 37.1 Å². The van der Waals surface area contributed by atoms with Crippen molar-refractivity contribution in [3.05, 3.63) is 5.38 Å². The van der Waals surface area contributed by atoms with Crippen molar-refractivity contribution in [3.8, 4) is 0 Å². The number of thiophene rings is 1. The molecule has 0 bridgehead atoms. The van der Waals surface area contributed by atoms with Gasteiger partial charge in [-0.15, -0.1) is 11.3 Å².